The number of sulfonamides is 1. The normalized spacial score (nSPS) is 12.8. The van der Waals surface area contributed by atoms with Crippen LogP contribution in [0.2, 0.25) is 0 Å². The summed E-state index contributed by atoms with van der Waals surface area (Å²) in [5.41, 5.74) is 0.389. The molecule has 0 aromatic heterocycles. The second-order valence-corrected chi connectivity index (χ2v) is 7.86. The van der Waals surface area contributed by atoms with E-state index < -0.39 is 22.0 Å². The third-order valence-corrected chi connectivity index (χ3v) is 5.25. The molecule has 0 spiro atoms. The molecule has 1 atom stereocenters. The molecular weight excluding hydrogens is 344 g/mol. The van der Waals surface area contributed by atoms with Crippen molar-refractivity contribution in [3.63, 3.8) is 0 Å². The van der Waals surface area contributed by atoms with Crippen LogP contribution in [0.15, 0.2) is 29.2 Å². The quantitative estimate of drug-likeness (QED) is 0.691. The summed E-state index contributed by atoms with van der Waals surface area (Å²) in [5, 5.41) is 9.19. The summed E-state index contributed by atoms with van der Waals surface area (Å²) in [5.74, 6) is -1.37. The van der Waals surface area contributed by atoms with Crippen LogP contribution in [0, 0.1) is 5.92 Å². The van der Waals surface area contributed by atoms with Crippen LogP contribution in [-0.4, -0.2) is 49.4 Å². The van der Waals surface area contributed by atoms with Gasteiger partial charge in [-0.3, -0.25) is 9.59 Å². The number of aliphatic carboxylic acids is 1. The average molecular weight is 370 g/mol. The Hall–Kier alpha value is -1.93. The van der Waals surface area contributed by atoms with Gasteiger partial charge in [-0.05, 0) is 50.5 Å². The summed E-state index contributed by atoms with van der Waals surface area (Å²) in [6.45, 7) is 8.49. The lowest BCUT2D eigenvalue weighted by molar-refractivity contribution is -0.139. The van der Waals surface area contributed by atoms with Gasteiger partial charge in [0.1, 0.15) is 6.04 Å². The van der Waals surface area contributed by atoms with E-state index >= 15 is 0 Å². The van der Waals surface area contributed by atoms with Crippen LogP contribution < -0.4 is 4.72 Å². The number of carbonyl (C=O) groups excluding carboxylic acids is 1. The molecular formula is C17H26N2O5S. The van der Waals surface area contributed by atoms with Crippen molar-refractivity contribution in [2.75, 3.05) is 13.1 Å². The molecule has 8 heteroatoms. The van der Waals surface area contributed by atoms with Crippen molar-refractivity contribution in [1.29, 1.82) is 0 Å². The third-order valence-electron chi connectivity index (χ3n) is 3.76. The highest BCUT2D eigenvalue weighted by atomic mass is 32.2. The summed E-state index contributed by atoms with van der Waals surface area (Å²) >= 11 is 0. The van der Waals surface area contributed by atoms with Crippen LogP contribution in [-0.2, 0) is 14.8 Å². The van der Waals surface area contributed by atoms with E-state index in [1.54, 1.807) is 4.90 Å². The maximum Gasteiger partial charge on any atom is 0.321 e. The van der Waals surface area contributed by atoms with Crippen molar-refractivity contribution < 1.29 is 23.1 Å². The van der Waals surface area contributed by atoms with E-state index in [-0.39, 0.29) is 23.1 Å². The molecule has 1 rings (SSSR count). The molecule has 7 nitrogen and oxygen atoms in total. The molecule has 0 aliphatic rings. The first-order valence-corrected chi connectivity index (χ1v) is 9.75. The molecule has 1 aromatic carbocycles. The van der Waals surface area contributed by atoms with Crippen LogP contribution in [0.25, 0.3) is 0 Å². The van der Waals surface area contributed by atoms with Gasteiger partial charge in [0, 0.05) is 18.7 Å². The Morgan fingerprint density at radius 1 is 1.12 bits per heavy atom. The molecule has 0 fully saturated rings. The molecule has 0 heterocycles. The van der Waals surface area contributed by atoms with Gasteiger partial charge in [0.25, 0.3) is 5.91 Å². The Labute approximate surface area is 149 Å². The van der Waals surface area contributed by atoms with Gasteiger partial charge in [-0.1, -0.05) is 13.8 Å². The molecule has 0 aliphatic carbocycles. The van der Waals surface area contributed by atoms with Gasteiger partial charge < -0.3 is 10.0 Å². The summed E-state index contributed by atoms with van der Waals surface area (Å²) in [4.78, 5) is 25.0. The van der Waals surface area contributed by atoms with Crippen molar-refractivity contribution in [2.45, 2.75) is 45.1 Å². The maximum atomic E-state index is 12.4. The number of rotatable bonds is 9. The number of hydrogen-bond donors (Lipinski definition) is 2. The van der Waals surface area contributed by atoms with Crippen molar-refractivity contribution >= 4 is 21.9 Å². The predicted molar refractivity (Wildman–Crippen MR) is 94.9 cm³/mol. The number of benzene rings is 1. The monoisotopic (exact) mass is 370 g/mol. The number of nitrogens with one attached hydrogen (secondary N) is 1. The second-order valence-electron chi connectivity index (χ2n) is 6.14. The van der Waals surface area contributed by atoms with E-state index in [0.717, 1.165) is 0 Å². The Bertz CT molecular complexity index is 694. The van der Waals surface area contributed by atoms with Crippen LogP contribution >= 0.6 is 0 Å². The van der Waals surface area contributed by atoms with Crippen LogP contribution in [0.1, 0.15) is 44.5 Å². The highest BCUT2D eigenvalue weighted by molar-refractivity contribution is 7.89. The number of nitrogens with zero attached hydrogens (tertiary/aromatic N) is 1. The zero-order chi connectivity index (χ0) is 19.2. The number of carboxylic acids is 1. The van der Waals surface area contributed by atoms with Crippen LogP contribution in [0.4, 0.5) is 0 Å². The van der Waals surface area contributed by atoms with E-state index in [1.165, 1.54) is 24.3 Å². The molecule has 0 unspecified atom stereocenters. The first-order chi connectivity index (χ1) is 11.6. The van der Waals surface area contributed by atoms with Gasteiger partial charge >= 0.3 is 5.97 Å². The smallest absolute Gasteiger partial charge is 0.321 e. The SMILES string of the molecule is CCN(CC)C(=O)c1ccc(S(=O)(=O)N[C@H](CC(C)C)C(=O)O)cc1. The lowest BCUT2D eigenvalue weighted by atomic mass is 10.1. The molecule has 0 radical (unpaired) electrons. The predicted octanol–water partition coefficient (Wildman–Crippen LogP) is 1.95. The fraction of sp³-hybridized carbons (Fsp3) is 0.529. The molecule has 25 heavy (non-hydrogen) atoms. The van der Waals surface area contributed by atoms with Gasteiger partial charge in [-0.25, -0.2) is 8.42 Å². The Morgan fingerprint density at radius 2 is 1.64 bits per heavy atom. The van der Waals surface area contributed by atoms with Crippen molar-refractivity contribution in [3.8, 4) is 0 Å². The van der Waals surface area contributed by atoms with Crippen LogP contribution in [0.3, 0.4) is 0 Å². The molecule has 1 amide bonds. The fourth-order valence-electron chi connectivity index (χ4n) is 2.40. The van der Waals surface area contributed by atoms with E-state index in [9.17, 15) is 23.1 Å². The highest BCUT2D eigenvalue weighted by Gasteiger charge is 2.26. The highest BCUT2D eigenvalue weighted by Crippen LogP contribution is 2.15. The zero-order valence-corrected chi connectivity index (χ0v) is 15.8. The maximum absolute atomic E-state index is 12.4. The third kappa shape index (κ3) is 5.82. The van der Waals surface area contributed by atoms with Crippen molar-refractivity contribution in [3.05, 3.63) is 29.8 Å². The molecule has 2 N–H and O–H groups in total. The van der Waals surface area contributed by atoms with Gasteiger partial charge in [0.15, 0.2) is 0 Å². The molecule has 0 saturated heterocycles. The topological polar surface area (TPSA) is 104 Å². The zero-order valence-electron chi connectivity index (χ0n) is 15.0. The molecule has 140 valence electrons. The number of carboxylic acid groups (broad SMARTS) is 1. The van der Waals surface area contributed by atoms with E-state index in [1.807, 2.05) is 27.7 Å². The first kappa shape index (κ1) is 21.1. The Balaban J connectivity index is 2.99. The van der Waals surface area contributed by atoms with Crippen molar-refractivity contribution in [1.82, 2.24) is 9.62 Å². The summed E-state index contributed by atoms with van der Waals surface area (Å²) in [7, 11) is -3.98. The fourth-order valence-corrected chi connectivity index (χ4v) is 3.60. The van der Waals surface area contributed by atoms with Gasteiger partial charge in [0.05, 0.1) is 4.90 Å². The standard InChI is InChI=1S/C17H26N2O5S/c1-5-19(6-2)16(20)13-7-9-14(10-8-13)25(23,24)18-15(17(21)22)11-12(3)4/h7-10,12,15,18H,5-6,11H2,1-4H3,(H,21,22)/t15-/m1/s1. The minimum Gasteiger partial charge on any atom is -0.480 e. The molecule has 0 aliphatic heterocycles. The van der Waals surface area contributed by atoms with Crippen LogP contribution in [0.5, 0.6) is 0 Å². The molecule has 0 saturated carbocycles. The average Bonchev–Trinajstić information content (AvgIpc) is 2.54. The van der Waals surface area contributed by atoms with E-state index in [2.05, 4.69) is 4.72 Å². The summed E-state index contributed by atoms with van der Waals surface area (Å²) < 4.78 is 27.0. The number of amides is 1. The lowest BCUT2D eigenvalue weighted by Gasteiger charge is -2.19. The minimum atomic E-state index is -3.98. The van der Waals surface area contributed by atoms with Gasteiger partial charge in [-0.2, -0.15) is 4.72 Å². The Morgan fingerprint density at radius 3 is 2.04 bits per heavy atom. The molecule has 0 bridgehead atoms. The minimum absolute atomic E-state index is 0.0258. The number of carbonyl (C=O) groups is 2. The molecule has 1 aromatic rings. The summed E-state index contributed by atoms with van der Waals surface area (Å²) in [6, 6.07) is 4.31. The first-order valence-electron chi connectivity index (χ1n) is 8.26. The van der Waals surface area contributed by atoms with E-state index in [0.29, 0.717) is 18.7 Å². The Kier molecular flexibility index (Phi) is 7.57. The largest absolute Gasteiger partial charge is 0.480 e. The lowest BCUT2D eigenvalue weighted by Crippen LogP contribution is -2.41. The summed E-state index contributed by atoms with van der Waals surface area (Å²) in [6.07, 6.45) is 0.188. The van der Waals surface area contributed by atoms with Gasteiger partial charge in [-0.15, -0.1) is 0 Å². The van der Waals surface area contributed by atoms with Gasteiger partial charge in [0.2, 0.25) is 10.0 Å². The van der Waals surface area contributed by atoms with Crippen molar-refractivity contribution in [2.24, 2.45) is 5.92 Å². The second kappa shape index (κ2) is 8.96. The number of hydrogen-bond acceptors (Lipinski definition) is 4. The van der Waals surface area contributed by atoms with E-state index in [4.69, 9.17) is 0 Å².